The molecule has 1 aliphatic rings. The Bertz CT molecular complexity index is 2070. The Morgan fingerprint density at radius 2 is 1.47 bits per heavy atom. The Morgan fingerprint density at radius 3 is 2.05 bits per heavy atom. The second kappa shape index (κ2) is 17.5. The number of sulfonamides is 1. The first-order chi connectivity index (χ1) is 26.1. The highest BCUT2D eigenvalue weighted by molar-refractivity contribution is 7.89. The maximum atomic E-state index is 15.8. The van der Waals surface area contributed by atoms with Crippen LogP contribution in [0, 0.1) is 17.5 Å². The van der Waals surface area contributed by atoms with E-state index in [1.165, 1.54) is 69.9 Å². The molecule has 55 heavy (non-hydrogen) atoms. The minimum absolute atomic E-state index is 0.0300. The monoisotopic (exact) mass is 779 g/mol. The number of methoxy groups -OCH3 is 1. The first-order valence-corrected chi connectivity index (χ1v) is 19.2. The van der Waals surface area contributed by atoms with E-state index in [0.29, 0.717) is 0 Å². The van der Waals surface area contributed by atoms with E-state index in [2.05, 4.69) is 5.32 Å². The normalized spacial score (nSPS) is 15.7. The molecule has 14 heteroatoms. The molecular weight excluding hydrogens is 736 g/mol. The highest BCUT2D eigenvalue weighted by Gasteiger charge is 2.39. The second-order valence-corrected chi connectivity index (χ2v) is 16.2. The lowest BCUT2D eigenvalue weighted by Gasteiger charge is -2.41. The fourth-order valence-corrected chi connectivity index (χ4v) is 8.44. The van der Waals surface area contributed by atoms with E-state index in [1.54, 1.807) is 57.2 Å². The average Bonchev–Trinajstić information content (AvgIpc) is 3.14. The number of amides is 2. The molecule has 4 aromatic rings. The quantitative estimate of drug-likeness (QED) is 0.164. The topological polar surface area (TPSA) is 122 Å². The van der Waals surface area contributed by atoms with Gasteiger partial charge in [-0.1, -0.05) is 54.6 Å². The fourth-order valence-electron chi connectivity index (χ4n) is 6.78. The summed E-state index contributed by atoms with van der Waals surface area (Å²) in [5.41, 5.74) is 0.137. The standard InChI is InChI=1S/C41H44F3N3O7S/c1-41(2,3)54-40(50)46-21-22-47(55(51,52)33-16-6-5-7-17-33)32(26-46)19-20-34-27(11-10-18-35(34)44)25-36(48)38(45-39(49)53-4)37(28-12-8-14-30(42)23-28)29-13-9-15-31(43)24-29/h5-18,23-24,32,37-38H,19-22,25-26H2,1-4H3,(H,45,49)/t32-,38+/m0/s1. The van der Waals surface area contributed by atoms with Crippen molar-refractivity contribution in [3.8, 4) is 0 Å². The summed E-state index contributed by atoms with van der Waals surface area (Å²) < 4.78 is 84.4. The lowest BCUT2D eigenvalue weighted by atomic mass is 9.81. The number of halogens is 3. The van der Waals surface area contributed by atoms with Gasteiger partial charge in [0.25, 0.3) is 0 Å². The molecular formula is C41H44F3N3O7S. The smallest absolute Gasteiger partial charge is 0.410 e. The molecule has 0 radical (unpaired) electrons. The van der Waals surface area contributed by atoms with Gasteiger partial charge in [0.2, 0.25) is 10.0 Å². The molecule has 10 nitrogen and oxygen atoms in total. The van der Waals surface area contributed by atoms with Crippen molar-refractivity contribution in [1.82, 2.24) is 14.5 Å². The van der Waals surface area contributed by atoms with Crippen LogP contribution in [-0.2, 0) is 37.1 Å². The number of hydrogen-bond acceptors (Lipinski definition) is 7. The summed E-state index contributed by atoms with van der Waals surface area (Å²) in [6, 6.07) is 20.6. The molecule has 2 atom stereocenters. The molecule has 4 aromatic carbocycles. The summed E-state index contributed by atoms with van der Waals surface area (Å²) in [5, 5.41) is 2.54. The SMILES string of the molecule is COC(=O)N[C@H](C(=O)Cc1cccc(F)c1CC[C@H]1CN(C(=O)OC(C)(C)C)CCN1S(=O)(=O)c1ccccc1)C(c1cccc(F)c1)c1cccc(F)c1. The molecule has 0 saturated carbocycles. The van der Waals surface area contributed by atoms with Gasteiger partial charge < -0.3 is 19.7 Å². The van der Waals surface area contributed by atoms with Gasteiger partial charge in [-0.15, -0.1) is 0 Å². The van der Waals surface area contributed by atoms with Crippen molar-refractivity contribution in [2.45, 2.75) is 68.5 Å². The third-order valence-electron chi connectivity index (χ3n) is 9.29. The van der Waals surface area contributed by atoms with E-state index in [9.17, 15) is 31.6 Å². The van der Waals surface area contributed by atoms with E-state index < -0.39 is 75.5 Å². The van der Waals surface area contributed by atoms with Crippen molar-refractivity contribution in [2.24, 2.45) is 0 Å². The summed E-state index contributed by atoms with van der Waals surface area (Å²) in [6.07, 6.45) is -1.96. The van der Waals surface area contributed by atoms with Crippen LogP contribution in [0.1, 0.15) is 55.4 Å². The van der Waals surface area contributed by atoms with Gasteiger partial charge in [0.15, 0.2) is 5.78 Å². The minimum atomic E-state index is -4.03. The average molecular weight is 780 g/mol. The molecule has 0 aliphatic carbocycles. The predicted molar refractivity (Wildman–Crippen MR) is 199 cm³/mol. The number of ether oxygens (including phenoxy) is 2. The number of nitrogens with one attached hydrogen (secondary N) is 1. The molecule has 1 N–H and O–H groups in total. The van der Waals surface area contributed by atoms with Crippen LogP contribution in [-0.4, -0.2) is 80.0 Å². The van der Waals surface area contributed by atoms with Crippen molar-refractivity contribution in [3.63, 3.8) is 0 Å². The zero-order valence-electron chi connectivity index (χ0n) is 31.0. The number of piperazine rings is 1. The van der Waals surface area contributed by atoms with E-state index in [-0.39, 0.29) is 59.6 Å². The summed E-state index contributed by atoms with van der Waals surface area (Å²) >= 11 is 0. The van der Waals surface area contributed by atoms with Crippen LogP contribution >= 0.6 is 0 Å². The van der Waals surface area contributed by atoms with Gasteiger partial charge in [-0.2, -0.15) is 4.31 Å². The van der Waals surface area contributed by atoms with Crippen LogP contribution in [0.15, 0.2) is 102 Å². The van der Waals surface area contributed by atoms with Gasteiger partial charge in [-0.25, -0.2) is 31.2 Å². The van der Waals surface area contributed by atoms with E-state index in [4.69, 9.17) is 9.47 Å². The Hall–Kier alpha value is -5.21. The van der Waals surface area contributed by atoms with E-state index in [0.717, 1.165) is 7.11 Å². The van der Waals surface area contributed by atoms with Gasteiger partial charge in [0.1, 0.15) is 29.1 Å². The Balaban J connectivity index is 1.47. The number of ketones is 1. The number of carbonyl (C=O) groups excluding carboxylic acids is 3. The number of rotatable bonds is 12. The molecule has 292 valence electrons. The highest BCUT2D eigenvalue weighted by Crippen LogP contribution is 2.32. The molecule has 0 aromatic heterocycles. The number of benzene rings is 4. The molecule has 1 saturated heterocycles. The third kappa shape index (κ3) is 10.3. The predicted octanol–water partition coefficient (Wildman–Crippen LogP) is 7.02. The molecule has 1 aliphatic heterocycles. The van der Waals surface area contributed by atoms with Gasteiger partial charge in [0.05, 0.1) is 12.0 Å². The number of Topliss-reactive ketones (excluding diaryl/α,β-unsaturated/α-hetero) is 1. The maximum Gasteiger partial charge on any atom is 0.410 e. The molecule has 1 heterocycles. The van der Waals surface area contributed by atoms with Gasteiger partial charge in [-0.05, 0) is 98.3 Å². The fraction of sp³-hybridized carbons (Fsp3) is 0.341. The van der Waals surface area contributed by atoms with Crippen molar-refractivity contribution in [3.05, 3.63) is 137 Å². The summed E-state index contributed by atoms with van der Waals surface area (Å²) in [7, 11) is -2.92. The summed E-state index contributed by atoms with van der Waals surface area (Å²) in [6.45, 7) is 5.18. The summed E-state index contributed by atoms with van der Waals surface area (Å²) in [4.78, 5) is 41.6. The van der Waals surface area contributed by atoms with Gasteiger partial charge >= 0.3 is 12.2 Å². The lowest BCUT2D eigenvalue weighted by molar-refractivity contribution is -0.120. The minimum Gasteiger partial charge on any atom is -0.453 e. The van der Waals surface area contributed by atoms with Crippen LogP contribution in [0.5, 0.6) is 0 Å². The van der Waals surface area contributed by atoms with Crippen molar-refractivity contribution < 1.29 is 45.4 Å². The van der Waals surface area contributed by atoms with Crippen molar-refractivity contribution in [1.29, 1.82) is 0 Å². The number of nitrogens with zero attached hydrogens (tertiary/aromatic N) is 2. The Kier molecular flexibility index (Phi) is 13.0. The third-order valence-corrected chi connectivity index (χ3v) is 11.3. The molecule has 5 rings (SSSR count). The first-order valence-electron chi connectivity index (χ1n) is 17.8. The largest absolute Gasteiger partial charge is 0.453 e. The second-order valence-electron chi connectivity index (χ2n) is 14.3. The molecule has 0 spiro atoms. The van der Waals surface area contributed by atoms with E-state index in [1.807, 2.05) is 0 Å². The van der Waals surface area contributed by atoms with Crippen LogP contribution in [0.4, 0.5) is 22.8 Å². The van der Waals surface area contributed by atoms with Gasteiger partial charge in [0, 0.05) is 38.0 Å². The number of carbonyl (C=O) groups is 3. The zero-order chi connectivity index (χ0) is 39.9. The van der Waals surface area contributed by atoms with E-state index >= 15 is 4.39 Å². The lowest BCUT2D eigenvalue weighted by Crippen LogP contribution is -2.57. The maximum absolute atomic E-state index is 15.8. The van der Waals surface area contributed by atoms with Crippen LogP contribution in [0.25, 0.3) is 0 Å². The van der Waals surface area contributed by atoms with Crippen molar-refractivity contribution >= 4 is 28.0 Å². The van der Waals surface area contributed by atoms with Crippen LogP contribution in [0.2, 0.25) is 0 Å². The molecule has 1 fully saturated rings. The molecule has 0 unspecified atom stereocenters. The van der Waals surface area contributed by atoms with Crippen molar-refractivity contribution in [2.75, 3.05) is 26.7 Å². The molecule has 0 bridgehead atoms. The number of hydrogen-bond donors (Lipinski definition) is 1. The van der Waals surface area contributed by atoms with Crippen LogP contribution < -0.4 is 5.32 Å². The first kappa shape index (κ1) is 41.0. The highest BCUT2D eigenvalue weighted by atomic mass is 32.2. The zero-order valence-corrected chi connectivity index (χ0v) is 31.8. The van der Waals surface area contributed by atoms with Crippen LogP contribution in [0.3, 0.4) is 0 Å². The summed E-state index contributed by atoms with van der Waals surface area (Å²) in [5.74, 6) is -3.57. The van der Waals surface area contributed by atoms with Gasteiger partial charge in [-0.3, -0.25) is 4.79 Å². The Labute approximate surface area is 319 Å². The molecule has 2 amide bonds. The number of alkyl carbamates (subject to hydrolysis) is 1. The Morgan fingerprint density at radius 1 is 0.855 bits per heavy atom.